The first-order valence-electron chi connectivity index (χ1n) is 5.97. The van der Waals surface area contributed by atoms with Crippen LogP contribution in [0.2, 0.25) is 0 Å². The number of hydrogen-bond acceptors (Lipinski definition) is 3. The Balaban J connectivity index is 2.12. The first kappa shape index (κ1) is 9.97. The first-order valence-corrected chi connectivity index (χ1v) is 5.97. The molecule has 86 valence electrons. The summed E-state index contributed by atoms with van der Waals surface area (Å²) in [6, 6.07) is 4.11. The van der Waals surface area contributed by atoms with Gasteiger partial charge in [-0.05, 0) is 31.7 Å². The van der Waals surface area contributed by atoms with Crippen molar-refractivity contribution in [3.05, 3.63) is 23.3 Å². The summed E-state index contributed by atoms with van der Waals surface area (Å²) in [6.07, 6.45) is 4.07. The number of fused-ring (bicyclic) bond motifs is 1. The molecule has 0 aromatic heterocycles. The van der Waals surface area contributed by atoms with Gasteiger partial charge in [-0.15, -0.1) is 0 Å². The Bertz CT molecular complexity index is 438. The van der Waals surface area contributed by atoms with Gasteiger partial charge in [0.2, 0.25) is 0 Å². The molecule has 0 saturated heterocycles. The van der Waals surface area contributed by atoms with Crippen LogP contribution in [0.4, 0.5) is 5.69 Å². The summed E-state index contributed by atoms with van der Waals surface area (Å²) in [5.41, 5.74) is 9.12. The van der Waals surface area contributed by atoms with Crippen molar-refractivity contribution in [1.82, 2.24) is 0 Å². The lowest BCUT2D eigenvalue weighted by Gasteiger charge is -2.29. The van der Waals surface area contributed by atoms with Crippen molar-refractivity contribution in [1.29, 1.82) is 0 Å². The normalized spacial score (nSPS) is 21.8. The molecular formula is C13H18N2O. The van der Waals surface area contributed by atoms with Gasteiger partial charge in [0.25, 0.3) is 0 Å². The largest absolute Gasteiger partial charge is 0.507 e. The molecule has 1 fully saturated rings. The lowest BCUT2D eigenvalue weighted by Crippen LogP contribution is -2.26. The Kier molecular flexibility index (Phi) is 1.96. The third kappa shape index (κ3) is 1.31. The van der Waals surface area contributed by atoms with Crippen LogP contribution in [0.15, 0.2) is 12.1 Å². The summed E-state index contributed by atoms with van der Waals surface area (Å²) in [5.74, 6) is 0.448. The Morgan fingerprint density at radius 1 is 1.38 bits per heavy atom. The van der Waals surface area contributed by atoms with Gasteiger partial charge >= 0.3 is 0 Å². The lowest BCUT2D eigenvalue weighted by atomic mass is 9.94. The SMILES string of the molecule is CN1CCCc2c1ccc(C1(N)CC1)c2O. The van der Waals surface area contributed by atoms with Gasteiger partial charge in [0.15, 0.2) is 0 Å². The van der Waals surface area contributed by atoms with Crippen LogP contribution in [0.5, 0.6) is 5.75 Å². The van der Waals surface area contributed by atoms with Crippen molar-refractivity contribution in [2.45, 2.75) is 31.2 Å². The predicted molar refractivity (Wildman–Crippen MR) is 64.8 cm³/mol. The van der Waals surface area contributed by atoms with Crippen LogP contribution in [0, 0.1) is 0 Å². The lowest BCUT2D eigenvalue weighted by molar-refractivity contribution is 0.450. The van der Waals surface area contributed by atoms with Crippen molar-refractivity contribution >= 4 is 5.69 Å². The van der Waals surface area contributed by atoms with E-state index in [9.17, 15) is 5.11 Å². The van der Waals surface area contributed by atoms with Crippen molar-refractivity contribution < 1.29 is 5.11 Å². The number of anilines is 1. The van der Waals surface area contributed by atoms with Gasteiger partial charge in [-0.3, -0.25) is 0 Å². The van der Waals surface area contributed by atoms with Crippen LogP contribution in [-0.2, 0) is 12.0 Å². The first-order chi connectivity index (χ1) is 7.62. The quantitative estimate of drug-likeness (QED) is 0.754. The summed E-state index contributed by atoms with van der Waals surface area (Å²) in [7, 11) is 2.08. The van der Waals surface area contributed by atoms with Gasteiger partial charge in [-0.2, -0.15) is 0 Å². The van der Waals surface area contributed by atoms with Crippen LogP contribution in [0.25, 0.3) is 0 Å². The minimum Gasteiger partial charge on any atom is -0.507 e. The van der Waals surface area contributed by atoms with Gasteiger partial charge in [-0.25, -0.2) is 0 Å². The fraction of sp³-hybridized carbons (Fsp3) is 0.538. The number of hydrogen-bond donors (Lipinski definition) is 2. The van der Waals surface area contributed by atoms with E-state index in [-0.39, 0.29) is 5.54 Å². The maximum Gasteiger partial charge on any atom is 0.125 e. The highest BCUT2D eigenvalue weighted by Crippen LogP contribution is 2.49. The molecule has 3 rings (SSSR count). The molecule has 16 heavy (non-hydrogen) atoms. The molecule has 1 aliphatic carbocycles. The van der Waals surface area contributed by atoms with Crippen molar-refractivity contribution in [3.63, 3.8) is 0 Å². The number of phenolic OH excluding ortho intramolecular Hbond substituents is 1. The molecule has 0 spiro atoms. The topological polar surface area (TPSA) is 49.5 Å². The average Bonchev–Trinajstić information content (AvgIpc) is 2.99. The minimum absolute atomic E-state index is 0.241. The fourth-order valence-corrected chi connectivity index (χ4v) is 2.65. The number of phenols is 1. The van der Waals surface area contributed by atoms with Crippen LogP contribution < -0.4 is 10.6 Å². The second-order valence-corrected chi connectivity index (χ2v) is 5.14. The van der Waals surface area contributed by atoms with E-state index in [1.165, 1.54) is 0 Å². The van der Waals surface area contributed by atoms with Crippen molar-refractivity contribution in [2.75, 3.05) is 18.5 Å². The van der Waals surface area contributed by atoms with Gasteiger partial charge < -0.3 is 15.7 Å². The van der Waals surface area contributed by atoms with Crippen LogP contribution in [0.3, 0.4) is 0 Å². The molecule has 1 aromatic rings. The number of nitrogens with zero attached hydrogens (tertiary/aromatic N) is 1. The van der Waals surface area contributed by atoms with E-state index in [0.29, 0.717) is 5.75 Å². The summed E-state index contributed by atoms with van der Waals surface area (Å²) in [4.78, 5) is 2.21. The fourth-order valence-electron chi connectivity index (χ4n) is 2.65. The van der Waals surface area contributed by atoms with Gasteiger partial charge in [0.05, 0.1) is 0 Å². The van der Waals surface area contributed by atoms with Crippen molar-refractivity contribution in [2.24, 2.45) is 5.73 Å². The summed E-state index contributed by atoms with van der Waals surface area (Å²) in [6.45, 7) is 1.07. The monoisotopic (exact) mass is 218 g/mol. The van der Waals surface area contributed by atoms with E-state index in [2.05, 4.69) is 18.0 Å². The molecule has 1 saturated carbocycles. The summed E-state index contributed by atoms with van der Waals surface area (Å²) >= 11 is 0. The maximum atomic E-state index is 10.3. The Morgan fingerprint density at radius 2 is 2.12 bits per heavy atom. The Morgan fingerprint density at radius 3 is 2.81 bits per heavy atom. The zero-order chi connectivity index (χ0) is 11.3. The summed E-state index contributed by atoms with van der Waals surface area (Å²) < 4.78 is 0. The molecule has 0 amide bonds. The predicted octanol–water partition coefficient (Wildman–Crippen LogP) is 1.72. The smallest absolute Gasteiger partial charge is 0.125 e. The Labute approximate surface area is 95.9 Å². The standard InChI is InChI=1S/C13H18N2O/c1-15-8-2-3-9-11(15)5-4-10(12(9)16)13(14)6-7-13/h4-5,16H,2-3,6-8,14H2,1H3. The van der Waals surface area contributed by atoms with E-state index >= 15 is 0 Å². The van der Waals surface area contributed by atoms with E-state index < -0.39 is 0 Å². The molecule has 1 heterocycles. The molecule has 0 radical (unpaired) electrons. The van der Waals surface area contributed by atoms with E-state index in [1.807, 2.05) is 6.07 Å². The van der Waals surface area contributed by atoms with Gasteiger partial charge in [-0.1, -0.05) is 6.07 Å². The molecule has 1 aromatic carbocycles. The second-order valence-electron chi connectivity index (χ2n) is 5.14. The number of rotatable bonds is 1. The molecule has 3 nitrogen and oxygen atoms in total. The molecule has 0 unspecified atom stereocenters. The van der Waals surface area contributed by atoms with Crippen LogP contribution in [0.1, 0.15) is 30.4 Å². The summed E-state index contributed by atoms with van der Waals surface area (Å²) in [5, 5.41) is 10.3. The van der Waals surface area contributed by atoms with Crippen LogP contribution >= 0.6 is 0 Å². The molecule has 3 N–H and O–H groups in total. The second kappa shape index (κ2) is 3.14. The highest BCUT2D eigenvalue weighted by molar-refractivity contribution is 5.64. The molecular weight excluding hydrogens is 200 g/mol. The minimum atomic E-state index is -0.241. The molecule has 0 atom stereocenters. The zero-order valence-electron chi connectivity index (χ0n) is 9.66. The highest BCUT2D eigenvalue weighted by atomic mass is 16.3. The average molecular weight is 218 g/mol. The number of aromatic hydroxyl groups is 1. The maximum absolute atomic E-state index is 10.3. The van der Waals surface area contributed by atoms with Crippen molar-refractivity contribution in [3.8, 4) is 5.75 Å². The zero-order valence-corrected chi connectivity index (χ0v) is 9.66. The van der Waals surface area contributed by atoms with Gasteiger partial charge in [0, 0.05) is 35.9 Å². The van der Waals surface area contributed by atoms with Crippen LogP contribution in [-0.4, -0.2) is 18.7 Å². The number of benzene rings is 1. The molecule has 2 aliphatic rings. The van der Waals surface area contributed by atoms with E-state index in [4.69, 9.17) is 5.73 Å². The van der Waals surface area contributed by atoms with E-state index in [0.717, 1.165) is 49.0 Å². The third-order valence-electron chi connectivity index (χ3n) is 3.91. The molecule has 0 bridgehead atoms. The number of nitrogens with two attached hydrogens (primary N) is 1. The Hall–Kier alpha value is -1.22. The highest BCUT2D eigenvalue weighted by Gasteiger charge is 2.42. The molecule has 3 heteroatoms. The van der Waals surface area contributed by atoms with Gasteiger partial charge in [0.1, 0.15) is 5.75 Å². The third-order valence-corrected chi connectivity index (χ3v) is 3.91. The van der Waals surface area contributed by atoms with E-state index in [1.54, 1.807) is 0 Å². The molecule has 1 aliphatic heterocycles.